The highest BCUT2D eigenvalue weighted by molar-refractivity contribution is 5.93. The van der Waals surface area contributed by atoms with Crippen LogP contribution in [0.2, 0.25) is 0 Å². The molecule has 0 aliphatic carbocycles. The number of hydrogen-bond acceptors (Lipinski definition) is 20. The minimum absolute atomic E-state index is 0.0276. The quantitative estimate of drug-likeness (QED) is 0.0455. The number of rotatable bonds is 24. The Morgan fingerprint density at radius 2 is 0.577 bits per heavy atom. The Balaban J connectivity index is 1.71. The standard InChI is InChI=1S/C51H54O20/c1-28(68-48(53)30-13-18-35(58-3)40(23-30)63-8)45(70-50(55)32-15-20-37(60-5)42(25-32)65-10)46(71-51(56)33-16-21-38(61-6)43(26-33)66-11)44(69-49(54)31-14-19-36(59-4)41(24-31)64-9)27-67-47(52)29-12-17-34(57-2)39(22-29)62-7/h12-26,28,44-46H,27H2,1-11H3/t28-,44-,45-,46-/m1/s1. The highest BCUT2D eigenvalue weighted by atomic mass is 16.6. The molecular weight excluding hydrogens is 933 g/mol. The molecule has 5 aromatic carbocycles. The fraction of sp³-hybridized carbons (Fsp3) is 0.314. The summed E-state index contributed by atoms with van der Waals surface area (Å²) in [4.78, 5) is 71.2. The molecule has 0 bridgehead atoms. The van der Waals surface area contributed by atoms with E-state index >= 15 is 0 Å². The number of carbonyl (C=O) groups is 5. The maximum atomic E-state index is 14.5. The molecule has 0 N–H and O–H groups in total. The summed E-state index contributed by atoms with van der Waals surface area (Å²) in [6.45, 7) is 0.460. The second-order valence-electron chi connectivity index (χ2n) is 14.7. The molecule has 71 heavy (non-hydrogen) atoms. The summed E-state index contributed by atoms with van der Waals surface area (Å²) in [6.07, 6.45) is -7.34. The molecule has 0 aliphatic heterocycles. The lowest BCUT2D eigenvalue weighted by Gasteiger charge is -2.35. The molecule has 0 saturated carbocycles. The lowest BCUT2D eigenvalue weighted by atomic mass is 10.0. The molecular formula is C51H54O20. The number of carbonyl (C=O) groups excluding carboxylic acids is 5. The lowest BCUT2D eigenvalue weighted by molar-refractivity contribution is -0.128. The van der Waals surface area contributed by atoms with Gasteiger partial charge in [0.1, 0.15) is 12.7 Å². The Kier molecular flexibility index (Phi) is 18.9. The summed E-state index contributed by atoms with van der Waals surface area (Å²) < 4.78 is 84.0. The number of esters is 5. The molecule has 0 radical (unpaired) electrons. The van der Waals surface area contributed by atoms with Crippen molar-refractivity contribution in [1.29, 1.82) is 0 Å². The minimum atomic E-state index is -1.99. The van der Waals surface area contributed by atoms with Crippen LogP contribution in [0, 0.1) is 0 Å². The van der Waals surface area contributed by atoms with E-state index in [9.17, 15) is 24.0 Å². The van der Waals surface area contributed by atoms with Gasteiger partial charge in [-0.15, -0.1) is 0 Å². The topological polar surface area (TPSA) is 224 Å². The van der Waals surface area contributed by atoms with Crippen molar-refractivity contribution in [3.8, 4) is 57.5 Å². The molecule has 0 aromatic heterocycles. The smallest absolute Gasteiger partial charge is 0.338 e. The van der Waals surface area contributed by atoms with Crippen LogP contribution >= 0.6 is 0 Å². The van der Waals surface area contributed by atoms with Crippen molar-refractivity contribution >= 4 is 29.8 Å². The second kappa shape index (κ2) is 25.2. The average molecular weight is 987 g/mol. The van der Waals surface area contributed by atoms with Crippen LogP contribution in [0.1, 0.15) is 58.7 Å². The van der Waals surface area contributed by atoms with Gasteiger partial charge in [-0.1, -0.05) is 0 Å². The van der Waals surface area contributed by atoms with Gasteiger partial charge < -0.3 is 71.1 Å². The van der Waals surface area contributed by atoms with Gasteiger partial charge in [-0.05, 0) is 97.9 Å². The van der Waals surface area contributed by atoms with Crippen molar-refractivity contribution < 1.29 is 95.0 Å². The third-order valence-corrected chi connectivity index (χ3v) is 10.7. The van der Waals surface area contributed by atoms with E-state index in [-0.39, 0.29) is 73.8 Å². The summed E-state index contributed by atoms with van der Waals surface area (Å²) in [7, 11) is 13.8. The molecule has 0 spiro atoms. The number of ether oxygens (including phenoxy) is 15. The van der Waals surface area contributed by atoms with Crippen molar-refractivity contribution in [3.63, 3.8) is 0 Å². The zero-order valence-corrected chi connectivity index (χ0v) is 40.8. The van der Waals surface area contributed by atoms with Crippen LogP contribution in [0.3, 0.4) is 0 Å². The maximum Gasteiger partial charge on any atom is 0.338 e. The molecule has 5 rings (SSSR count). The highest BCUT2D eigenvalue weighted by Gasteiger charge is 2.44. The fourth-order valence-corrected chi connectivity index (χ4v) is 6.93. The van der Waals surface area contributed by atoms with E-state index in [2.05, 4.69) is 0 Å². The van der Waals surface area contributed by atoms with Crippen LogP contribution in [-0.2, 0) is 23.7 Å². The van der Waals surface area contributed by atoms with Crippen LogP contribution < -0.4 is 47.4 Å². The first-order chi connectivity index (χ1) is 34.2. The zero-order chi connectivity index (χ0) is 51.8. The Bertz CT molecular complexity index is 2680. The lowest BCUT2D eigenvalue weighted by Crippen LogP contribution is -2.52. The van der Waals surface area contributed by atoms with Gasteiger partial charge in [0.05, 0.1) is 98.9 Å². The first kappa shape index (κ1) is 53.4. The molecule has 5 aromatic rings. The molecule has 378 valence electrons. The van der Waals surface area contributed by atoms with E-state index < -0.39 is 60.9 Å². The Hall–Kier alpha value is -8.55. The van der Waals surface area contributed by atoms with E-state index in [0.29, 0.717) is 11.5 Å². The highest BCUT2D eigenvalue weighted by Crippen LogP contribution is 2.34. The van der Waals surface area contributed by atoms with Gasteiger partial charge in [-0.25, -0.2) is 24.0 Å². The fourth-order valence-electron chi connectivity index (χ4n) is 6.93. The van der Waals surface area contributed by atoms with Crippen LogP contribution in [0.4, 0.5) is 0 Å². The van der Waals surface area contributed by atoms with E-state index in [1.165, 1.54) is 169 Å². The summed E-state index contributed by atoms with van der Waals surface area (Å²) in [5.74, 6) is -2.92. The van der Waals surface area contributed by atoms with Crippen molar-refractivity contribution in [2.45, 2.75) is 31.3 Å². The van der Waals surface area contributed by atoms with E-state index in [0.717, 1.165) is 0 Å². The Morgan fingerprint density at radius 1 is 0.324 bits per heavy atom. The monoisotopic (exact) mass is 986 g/mol. The average Bonchev–Trinajstić information content (AvgIpc) is 3.41. The summed E-state index contributed by atoms with van der Waals surface area (Å²) in [6, 6.07) is 20.8. The number of benzene rings is 5. The van der Waals surface area contributed by atoms with Crippen LogP contribution in [0.25, 0.3) is 0 Å². The van der Waals surface area contributed by atoms with Crippen molar-refractivity contribution in [1.82, 2.24) is 0 Å². The molecule has 4 atom stereocenters. The molecule has 20 heteroatoms. The largest absolute Gasteiger partial charge is 0.493 e. The third-order valence-electron chi connectivity index (χ3n) is 10.7. The SMILES string of the molecule is COc1ccc(C(=O)OC[C@@H](OC(=O)c2ccc(OC)c(OC)c2)[C@@H](OC(=O)c2ccc(OC)c(OC)c2)[C@H](OC(=O)c2ccc(OC)c(OC)c2)[C@@H](C)OC(=O)c2ccc(OC)c(OC)c2)cc1OC. The van der Waals surface area contributed by atoms with E-state index in [1.54, 1.807) is 0 Å². The van der Waals surface area contributed by atoms with E-state index in [4.69, 9.17) is 71.1 Å². The summed E-state index contributed by atoms with van der Waals surface area (Å²) in [5, 5.41) is 0. The molecule has 0 saturated heterocycles. The van der Waals surface area contributed by atoms with Gasteiger partial charge in [-0.3, -0.25) is 0 Å². The maximum absolute atomic E-state index is 14.5. The van der Waals surface area contributed by atoms with Crippen LogP contribution in [-0.4, -0.2) is 132 Å². The van der Waals surface area contributed by atoms with Crippen LogP contribution in [0.15, 0.2) is 91.0 Å². The first-order valence-corrected chi connectivity index (χ1v) is 21.3. The molecule has 0 aliphatic rings. The van der Waals surface area contributed by atoms with Gasteiger partial charge in [0, 0.05) is 0 Å². The molecule has 0 amide bonds. The molecule has 20 nitrogen and oxygen atoms in total. The van der Waals surface area contributed by atoms with Crippen molar-refractivity contribution in [3.05, 3.63) is 119 Å². The third kappa shape index (κ3) is 13.0. The van der Waals surface area contributed by atoms with Gasteiger partial charge in [0.15, 0.2) is 75.8 Å². The van der Waals surface area contributed by atoms with Crippen molar-refractivity contribution in [2.75, 3.05) is 77.7 Å². The van der Waals surface area contributed by atoms with Crippen LogP contribution in [0.5, 0.6) is 57.5 Å². The first-order valence-electron chi connectivity index (χ1n) is 21.3. The van der Waals surface area contributed by atoms with E-state index in [1.807, 2.05) is 0 Å². The second-order valence-corrected chi connectivity index (χ2v) is 14.7. The summed E-state index contributed by atoms with van der Waals surface area (Å²) >= 11 is 0. The van der Waals surface area contributed by atoms with Crippen molar-refractivity contribution in [2.24, 2.45) is 0 Å². The van der Waals surface area contributed by atoms with Gasteiger partial charge in [0.25, 0.3) is 0 Å². The Morgan fingerprint density at radius 3 is 0.873 bits per heavy atom. The number of methoxy groups -OCH3 is 10. The predicted molar refractivity (Wildman–Crippen MR) is 251 cm³/mol. The molecule has 0 fully saturated rings. The zero-order valence-electron chi connectivity index (χ0n) is 40.8. The van der Waals surface area contributed by atoms with Gasteiger partial charge in [0.2, 0.25) is 0 Å². The van der Waals surface area contributed by atoms with Gasteiger partial charge in [-0.2, -0.15) is 0 Å². The minimum Gasteiger partial charge on any atom is -0.493 e. The number of hydrogen-bond donors (Lipinski definition) is 0. The molecule has 0 heterocycles. The molecule has 0 unspecified atom stereocenters. The summed E-state index contributed by atoms with van der Waals surface area (Å²) in [5.41, 5.74) is -0.385. The predicted octanol–water partition coefficient (Wildman–Crippen LogP) is 6.85. The normalized spacial score (nSPS) is 12.3. The Labute approximate surface area is 409 Å². The van der Waals surface area contributed by atoms with Gasteiger partial charge >= 0.3 is 29.8 Å².